The van der Waals surface area contributed by atoms with Crippen molar-refractivity contribution >= 4 is 27.3 Å². The fourth-order valence-electron chi connectivity index (χ4n) is 2.92. The first-order valence-electron chi connectivity index (χ1n) is 9.62. The van der Waals surface area contributed by atoms with Crippen LogP contribution in [-0.2, 0) is 34.2 Å². The number of carbonyl (C=O) groups is 1. The Morgan fingerprint density at radius 1 is 1.10 bits per heavy atom. The number of hydrogen-bond donors (Lipinski definition) is 1. The molecule has 0 aliphatic carbocycles. The summed E-state index contributed by atoms with van der Waals surface area (Å²) in [7, 11) is -0.603. The number of amides is 1. The third-order valence-electron chi connectivity index (χ3n) is 4.71. The molecule has 2 aromatic carbocycles. The summed E-state index contributed by atoms with van der Waals surface area (Å²) in [4.78, 5) is 17.2. The van der Waals surface area contributed by atoms with E-state index in [0.717, 1.165) is 21.3 Å². The number of rotatable bonds is 8. The lowest BCUT2D eigenvalue weighted by atomic mass is 10.1. The minimum absolute atomic E-state index is 0.136. The van der Waals surface area contributed by atoms with E-state index in [9.17, 15) is 13.2 Å². The second-order valence-corrected chi connectivity index (χ2v) is 10.0. The number of benzene rings is 2. The molecule has 1 heterocycles. The van der Waals surface area contributed by atoms with E-state index in [-0.39, 0.29) is 23.8 Å². The summed E-state index contributed by atoms with van der Waals surface area (Å²) in [5, 5.41) is 5.57. The zero-order chi connectivity index (χ0) is 21.7. The number of aromatic nitrogens is 1. The molecular weight excluding hydrogens is 418 g/mol. The number of sulfonamides is 1. The average Bonchev–Trinajstić information content (AvgIpc) is 3.20. The van der Waals surface area contributed by atoms with Gasteiger partial charge in [-0.15, -0.1) is 11.3 Å². The van der Waals surface area contributed by atoms with Gasteiger partial charge in [0.15, 0.2) is 0 Å². The van der Waals surface area contributed by atoms with Gasteiger partial charge >= 0.3 is 0 Å². The first-order valence-corrected chi connectivity index (χ1v) is 11.9. The van der Waals surface area contributed by atoms with Gasteiger partial charge < -0.3 is 5.32 Å². The van der Waals surface area contributed by atoms with Crippen LogP contribution in [0.3, 0.4) is 0 Å². The van der Waals surface area contributed by atoms with Gasteiger partial charge in [0.1, 0.15) is 5.01 Å². The summed E-state index contributed by atoms with van der Waals surface area (Å²) in [5.41, 5.74) is 3.55. The molecule has 0 aliphatic rings. The Morgan fingerprint density at radius 2 is 1.80 bits per heavy atom. The van der Waals surface area contributed by atoms with Gasteiger partial charge in [0.25, 0.3) is 0 Å². The van der Waals surface area contributed by atoms with Crippen molar-refractivity contribution in [1.82, 2.24) is 14.6 Å². The van der Waals surface area contributed by atoms with Crippen molar-refractivity contribution < 1.29 is 13.2 Å². The molecule has 158 valence electrons. The maximum atomic E-state index is 12.5. The average molecular weight is 444 g/mol. The standard InChI is InChI=1S/C22H25N3O3S2/c1-4-16-9-11-17(12-10-16)22-24-19(15-29-22)13-21(26)23-14-18-7-5-6-8-20(18)30(27,28)25(2)3/h5-12,15H,4,13-14H2,1-3H3,(H,23,26). The van der Waals surface area contributed by atoms with Crippen molar-refractivity contribution in [2.24, 2.45) is 0 Å². The van der Waals surface area contributed by atoms with Crippen LogP contribution in [0.5, 0.6) is 0 Å². The molecule has 1 amide bonds. The van der Waals surface area contributed by atoms with Crippen LogP contribution in [0.1, 0.15) is 23.7 Å². The molecule has 0 atom stereocenters. The molecule has 3 rings (SSSR count). The Balaban J connectivity index is 1.64. The van der Waals surface area contributed by atoms with E-state index < -0.39 is 10.0 Å². The number of hydrogen-bond acceptors (Lipinski definition) is 5. The van der Waals surface area contributed by atoms with E-state index in [2.05, 4.69) is 29.4 Å². The highest BCUT2D eigenvalue weighted by Gasteiger charge is 2.21. The number of nitrogens with zero attached hydrogens (tertiary/aromatic N) is 2. The molecule has 0 spiro atoms. The molecular formula is C22H25N3O3S2. The molecule has 0 saturated heterocycles. The molecule has 8 heteroatoms. The van der Waals surface area contributed by atoms with E-state index in [1.165, 1.54) is 31.0 Å². The topological polar surface area (TPSA) is 79.4 Å². The summed E-state index contributed by atoms with van der Waals surface area (Å²) in [5.74, 6) is -0.203. The summed E-state index contributed by atoms with van der Waals surface area (Å²) in [6.45, 7) is 2.25. The first kappa shape index (κ1) is 22.1. The molecule has 0 radical (unpaired) electrons. The monoisotopic (exact) mass is 443 g/mol. The van der Waals surface area contributed by atoms with Crippen molar-refractivity contribution in [3.8, 4) is 10.6 Å². The lowest BCUT2D eigenvalue weighted by Crippen LogP contribution is -2.28. The molecule has 6 nitrogen and oxygen atoms in total. The smallest absolute Gasteiger partial charge is 0.242 e. The molecule has 0 bridgehead atoms. The Kier molecular flexibility index (Phi) is 7.02. The van der Waals surface area contributed by atoms with Gasteiger partial charge in [0.2, 0.25) is 15.9 Å². The van der Waals surface area contributed by atoms with Gasteiger partial charge in [-0.3, -0.25) is 4.79 Å². The zero-order valence-electron chi connectivity index (χ0n) is 17.3. The molecule has 1 N–H and O–H groups in total. The van der Waals surface area contributed by atoms with Crippen LogP contribution in [0, 0.1) is 0 Å². The molecule has 0 aliphatic heterocycles. The second kappa shape index (κ2) is 9.51. The number of thiazole rings is 1. The van der Waals surface area contributed by atoms with Crippen molar-refractivity contribution in [3.63, 3.8) is 0 Å². The summed E-state index contributed by atoms with van der Waals surface area (Å²) in [6, 6.07) is 14.9. The van der Waals surface area contributed by atoms with Crippen molar-refractivity contribution in [1.29, 1.82) is 0 Å². The highest BCUT2D eigenvalue weighted by atomic mass is 32.2. The van der Waals surface area contributed by atoms with Crippen LogP contribution >= 0.6 is 11.3 Å². The van der Waals surface area contributed by atoms with Crippen LogP contribution in [0.15, 0.2) is 58.8 Å². The van der Waals surface area contributed by atoms with E-state index in [0.29, 0.717) is 11.3 Å². The van der Waals surface area contributed by atoms with Crippen molar-refractivity contribution in [2.45, 2.75) is 31.2 Å². The van der Waals surface area contributed by atoms with Crippen LogP contribution in [-0.4, -0.2) is 37.7 Å². The number of aryl methyl sites for hydroxylation is 1. The quantitative estimate of drug-likeness (QED) is 0.578. The minimum Gasteiger partial charge on any atom is -0.352 e. The summed E-state index contributed by atoms with van der Waals surface area (Å²) in [6.07, 6.45) is 1.13. The van der Waals surface area contributed by atoms with E-state index in [4.69, 9.17) is 0 Å². The van der Waals surface area contributed by atoms with Crippen LogP contribution in [0.4, 0.5) is 0 Å². The number of nitrogens with one attached hydrogen (secondary N) is 1. The van der Waals surface area contributed by atoms with Crippen LogP contribution in [0.2, 0.25) is 0 Å². The SMILES string of the molecule is CCc1ccc(-c2nc(CC(=O)NCc3ccccc3S(=O)(=O)N(C)C)cs2)cc1. The second-order valence-electron chi connectivity index (χ2n) is 7.04. The van der Waals surface area contributed by atoms with E-state index in [1.54, 1.807) is 24.3 Å². The predicted molar refractivity (Wildman–Crippen MR) is 120 cm³/mol. The minimum atomic E-state index is -3.58. The fraction of sp³-hybridized carbons (Fsp3) is 0.273. The number of carbonyl (C=O) groups excluding carboxylic acids is 1. The van der Waals surface area contributed by atoms with Crippen molar-refractivity contribution in [3.05, 3.63) is 70.7 Å². The van der Waals surface area contributed by atoms with Gasteiger partial charge in [0, 0.05) is 31.6 Å². The summed E-state index contributed by atoms with van der Waals surface area (Å²) >= 11 is 1.51. The van der Waals surface area contributed by atoms with E-state index in [1.807, 2.05) is 17.5 Å². The van der Waals surface area contributed by atoms with Gasteiger partial charge in [0.05, 0.1) is 17.0 Å². The Hall–Kier alpha value is -2.55. The predicted octanol–water partition coefficient (Wildman–Crippen LogP) is 3.48. The maximum Gasteiger partial charge on any atom is 0.242 e. The Morgan fingerprint density at radius 3 is 2.47 bits per heavy atom. The van der Waals surface area contributed by atoms with Gasteiger partial charge in [-0.1, -0.05) is 49.4 Å². The molecule has 30 heavy (non-hydrogen) atoms. The van der Waals surface area contributed by atoms with Gasteiger partial charge in [-0.2, -0.15) is 0 Å². The van der Waals surface area contributed by atoms with Crippen LogP contribution < -0.4 is 5.32 Å². The molecule has 0 fully saturated rings. The molecule has 3 aromatic rings. The van der Waals surface area contributed by atoms with Crippen molar-refractivity contribution in [2.75, 3.05) is 14.1 Å². The highest BCUT2D eigenvalue weighted by Crippen LogP contribution is 2.24. The lowest BCUT2D eigenvalue weighted by molar-refractivity contribution is -0.120. The third-order valence-corrected chi connectivity index (χ3v) is 7.57. The molecule has 0 saturated carbocycles. The lowest BCUT2D eigenvalue weighted by Gasteiger charge is -2.15. The fourth-order valence-corrected chi connectivity index (χ4v) is 4.86. The van der Waals surface area contributed by atoms with Gasteiger partial charge in [-0.05, 0) is 23.6 Å². The maximum absolute atomic E-state index is 12.5. The van der Waals surface area contributed by atoms with Gasteiger partial charge in [-0.25, -0.2) is 17.7 Å². The van der Waals surface area contributed by atoms with Crippen LogP contribution in [0.25, 0.3) is 10.6 Å². The first-order chi connectivity index (χ1) is 14.3. The molecule has 0 unspecified atom stereocenters. The third kappa shape index (κ3) is 5.13. The summed E-state index contributed by atoms with van der Waals surface area (Å²) < 4.78 is 26.1. The zero-order valence-corrected chi connectivity index (χ0v) is 18.9. The van der Waals surface area contributed by atoms with E-state index >= 15 is 0 Å². The largest absolute Gasteiger partial charge is 0.352 e. The Labute approximate surface area is 181 Å². The highest BCUT2D eigenvalue weighted by molar-refractivity contribution is 7.89. The Bertz CT molecular complexity index is 1120. The molecule has 1 aromatic heterocycles. The normalized spacial score (nSPS) is 11.6.